The molecule has 0 fully saturated rings. The van der Waals surface area contributed by atoms with E-state index in [9.17, 15) is 18.0 Å². The third-order valence-corrected chi connectivity index (χ3v) is 4.45. The van der Waals surface area contributed by atoms with Gasteiger partial charge in [-0.15, -0.1) is 0 Å². The number of carbonyl (C=O) groups is 1. The zero-order valence-electron chi connectivity index (χ0n) is 16.0. The number of pyridine rings is 2. The van der Waals surface area contributed by atoms with Gasteiger partial charge in [-0.25, -0.2) is 4.98 Å². The number of hydrogen-bond acceptors (Lipinski definition) is 4. The monoisotopic (exact) mass is 400 g/mol. The van der Waals surface area contributed by atoms with E-state index in [2.05, 4.69) is 9.97 Å². The van der Waals surface area contributed by atoms with Crippen LogP contribution in [0.3, 0.4) is 0 Å². The van der Waals surface area contributed by atoms with Gasteiger partial charge in [0.05, 0.1) is 0 Å². The number of Topliss-reactive ketones (excluding diaryl/α,β-unsaturated/α-hetero) is 1. The second kappa shape index (κ2) is 8.43. The van der Waals surface area contributed by atoms with Crippen molar-refractivity contribution in [1.82, 2.24) is 9.97 Å². The maximum Gasteiger partial charge on any atom is 0.422 e. The molecule has 0 amide bonds. The van der Waals surface area contributed by atoms with Gasteiger partial charge < -0.3 is 4.74 Å². The van der Waals surface area contributed by atoms with Crippen molar-refractivity contribution in [3.05, 3.63) is 77.2 Å². The van der Waals surface area contributed by atoms with E-state index in [1.807, 2.05) is 26.0 Å². The third-order valence-electron chi connectivity index (χ3n) is 4.45. The number of halogens is 3. The van der Waals surface area contributed by atoms with Crippen LogP contribution in [0.2, 0.25) is 0 Å². The van der Waals surface area contributed by atoms with E-state index in [1.165, 1.54) is 12.4 Å². The fourth-order valence-corrected chi connectivity index (χ4v) is 2.79. The number of aryl methyl sites for hydroxylation is 2. The summed E-state index contributed by atoms with van der Waals surface area (Å²) in [5.74, 6) is -0.280. The Kier molecular flexibility index (Phi) is 5.96. The van der Waals surface area contributed by atoms with Gasteiger partial charge in [0, 0.05) is 36.1 Å². The second-order valence-corrected chi connectivity index (χ2v) is 6.74. The lowest BCUT2D eigenvalue weighted by molar-refractivity contribution is -0.154. The molecule has 7 heteroatoms. The van der Waals surface area contributed by atoms with Gasteiger partial charge >= 0.3 is 6.18 Å². The smallest absolute Gasteiger partial charge is 0.422 e. The molecule has 0 aliphatic rings. The Morgan fingerprint density at radius 1 is 1.07 bits per heavy atom. The lowest BCUT2D eigenvalue weighted by Gasteiger charge is -2.14. The van der Waals surface area contributed by atoms with E-state index in [4.69, 9.17) is 4.74 Å². The summed E-state index contributed by atoms with van der Waals surface area (Å²) in [6.07, 6.45) is -0.0124. The van der Waals surface area contributed by atoms with E-state index < -0.39 is 12.8 Å². The van der Waals surface area contributed by atoms with Crippen molar-refractivity contribution in [3.8, 4) is 17.0 Å². The van der Waals surface area contributed by atoms with E-state index in [-0.39, 0.29) is 18.1 Å². The molecule has 0 radical (unpaired) electrons. The average Bonchev–Trinajstić information content (AvgIpc) is 2.69. The summed E-state index contributed by atoms with van der Waals surface area (Å²) in [4.78, 5) is 20.5. The minimum absolute atomic E-state index is 0.0517. The molecule has 4 nitrogen and oxygen atoms in total. The van der Waals surface area contributed by atoms with Crippen LogP contribution in [-0.4, -0.2) is 28.5 Å². The fraction of sp³-hybridized carbons (Fsp3) is 0.227. The maximum absolute atomic E-state index is 12.6. The Labute approximate surface area is 166 Å². The number of alkyl halides is 3. The summed E-state index contributed by atoms with van der Waals surface area (Å²) in [6.45, 7) is 2.42. The Morgan fingerprint density at radius 2 is 1.86 bits per heavy atom. The minimum atomic E-state index is -4.48. The normalized spacial score (nSPS) is 11.3. The van der Waals surface area contributed by atoms with Crippen LogP contribution in [0.5, 0.6) is 5.88 Å². The molecule has 0 N–H and O–H groups in total. The Hall–Kier alpha value is -3.22. The summed E-state index contributed by atoms with van der Waals surface area (Å²) < 4.78 is 42.8. The highest BCUT2D eigenvalue weighted by atomic mass is 19.4. The third kappa shape index (κ3) is 5.40. The van der Waals surface area contributed by atoms with Crippen molar-refractivity contribution in [2.24, 2.45) is 0 Å². The lowest BCUT2D eigenvalue weighted by Crippen LogP contribution is -2.20. The number of nitrogens with zero attached hydrogens (tertiary/aromatic N) is 2. The maximum atomic E-state index is 12.6. The van der Waals surface area contributed by atoms with Crippen molar-refractivity contribution in [3.63, 3.8) is 0 Å². The standard InChI is InChI=1S/C22H19F3N2O2/c1-14-5-6-17(8-15(14)2)19-9-16(10-20(28)18-4-3-7-26-12-18)11-27-21(19)29-13-22(23,24)25/h3-9,11-12H,10,13H2,1-2H3. The lowest BCUT2D eigenvalue weighted by atomic mass is 9.98. The van der Waals surface area contributed by atoms with Crippen LogP contribution in [0.15, 0.2) is 55.0 Å². The van der Waals surface area contributed by atoms with Gasteiger partial charge in [-0.3, -0.25) is 9.78 Å². The van der Waals surface area contributed by atoms with Gasteiger partial charge in [-0.05, 0) is 54.3 Å². The van der Waals surface area contributed by atoms with Crippen LogP contribution in [0, 0.1) is 13.8 Å². The minimum Gasteiger partial charge on any atom is -0.468 e. The molecule has 2 aromatic heterocycles. The molecule has 0 saturated carbocycles. The molecule has 0 aliphatic heterocycles. The Bertz CT molecular complexity index is 1020. The number of hydrogen-bond donors (Lipinski definition) is 0. The number of benzene rings is 1. The first-order valence-electron chi connectivity index (χ1n) is 8.92. The van der Waals surface area contributed by atoms with Crippen LogP contribution < -0.4 is 4.74 Å². The molecule has 0 bridgehead atoms. The molecule has 1 aromatic carbocycles. The Morgan fingerprint density at radius 3 is 2.52 bits per heavy atom. The molecular formula is C22H19F3N2O2. The number of ketones is 1. The highest BCUT2D eigenvalue weighted by Crippen LogP contribution is 2.32. The van der Waals surface area contributed by atoms with Gasteiger partial charge in [-0.1, -0.05) is 18.2 Å². The van der Waals surface area contributed by atoms with E-state index in [0.29, 0.717) is 22.3 Å². The number of ether oxygens (including phenoxy) is 1. The van der Waals surface area contributed by atoms with Crippen molar-refractivity contribution in [2.75, 3.05) is 6.61 Å². The first-order valence-corrected chi connectivity index (χ1v) is 8.92. The molecule has 3 rings (SSSR count). The number of rotatable bonds is 6. The molecular weight excluding hydrogens is 381 g/mol. The predicted octanol–water partition coefficient (Wildman–Crippen LogP) is 5.13. The predicted molar refractivity (Wildman–Crippen MR) is 103 cm³/mol. The molecule has 0 saturated heterocycles. The average molecular weight is 400 g/mol. The summed E-state index contributed by atoms with van der Waals surface area (Å²) in [6, 6.07) is 10.5. The molecule has 0 aliphatic carbocycles. The van der Waals surface area contributed by atoms with Crippen LogP contribution in [0.1, 0.15) is 27.0 Å². The van der Waals surface area contributed by atoms with Gasteiger partial charge in [0.1, 0.15) is 0 Å². The van der Waals surface area contributed by atoms with Gasteiger partial charge in [-0.2, -0.15) is 13.2 Å². The van der Waals surface area contributed by atoms with Crippen LogP contribution in [0.4, 0.5) is 13.2 Å². The van der Waals surface area contributed by atoms with Crippen molar-refractivity contribution < 1.29 is 22.7 Å². The van der Waals surface area contributed by atoms with E-state index in [1.54, 1.807) is 30.5 Å². The van der Waals surface area contributed by atoms with Crippen molar-refractivity contribution in [2.45, 2.75) is 26.4 Å². The Balaban J connectivity index is 1.95. The van der Waals surface area contributed by atoms with E-state index in [0.717, 1.165) is 11.1 Å². The van der Waals surface area contributed by atoms with Gasteiger partial charge in [0.25, 0.3) is 0 Å². The van der Waals surface area contributed by atoms with Crippen molar-refractivity contribution in [1.29, 1.82) is 0 Å². The van der Waals surface area contributed by atoms with Gasteiger partial charge in [0.15, 0.2) is 12.4 Å². The quantitative estimate of drug-likeness (QED) is 0.539. The van der Waals surface area contributed by atoms with Gasteiger partial charge in [0.2, 0.25) is 5.88 Å². The van der Waals surface area contributed by atoms with Crippen LogP contribution in [0.25, 0.3) is 11.1 Å². The first kappa shape index (κ1) is 20.5. The molecule has 2 heterocycles. The molecule has 0 atom stereocenters. The van der Waals surface area contributed by atoms with Crippen LogP contribution in [-0.2, 0) is 6.42 Å². The summed E-state index contributed by atoms with van der Waals surface area (Å²) >= 11 is 0. The number of aromatic nitrogens is 2. The molecule has 0 unspecified atom stereocenters. The highest BCUT2D eigenvalue weighted by molar-refractivity contribution is 5.97. The molecule has 150 valence electrons. The van der Waals surface area contributed by atoms with Crippen molar-refractivity contribution >= 4 is 5.78 Å². The topological polar surface area (TPSA) is 52.1 Å². The zero-order valence-corrected chi connectivity index (χ0v) is 16.0. The largest absolute Gasteiger partial charge is 0.468 e. The molecule has 0 spiro atoms. The summed E-state index contributed by atoms with van der Waals surface area (Å²) in [7, 11) is 0. The molecule has 3 aromatic rings. The summed E-state index contributed by atoms with van der Waals surface area (Å²) in [5, 5.41) is 0. The summed E-state index contributed by atoms with van der Waals surface area (Å²) in [5.41, 5.74) is 4.16. The second-order valence-electron chi connectivity index (χ2n) is 6.74. The first-order chi connectivity index (χ1) is 13.7. The molecule has 29 heavy (non-hydrogen) atoms. The zero-order chi connectivity index (χ0) is 21.0. The van der Waals surface area contributed by atoms with E-state index >= 15 is 0 Å². The fourth-order valence-electron chi connectivity index (χ4n) is 2.79. The SMILES string of the molecule is Cc1ccc(-c2cc(CC(=O)c3cccnc3)cnc2OCC(F)(F)F)cc1C. The highest BCUT2D eigenvalue weighted by Gasteiger charge is 2.29. The van der Waals surface area contributed by atoms with Crippen LogP contribution >= 0.6 is 0 Å². The number of carbonyl (C=O) groups excluding carboxylic acids is 1.